The predicted octanol–water partition coefficient (Wildman–Crippen LogP) is 1.50. The topological polar surface area (TPSA) is 56.7 Å². The molecule has 0 saturated carbocycles. The number of anilines is 1. The van der Waals surface area contributed by atoms with Crippen molar-refractivity contribution < 1.29 is 0 Å². The normalized spacial score (nSPS) is 10.2. The van der Waals surface area contributed by atoms with Gasteiger partial charge in [-0.3, -0.25) is 0 Å². The average Bonchev–Trinajstić information content (AvgIpc) is 2.61. The van der Waals surface area contributed by atoms with Crippen LogP contribution < -0.4 is 5.73 Å². The second kappa shape index (κ2) is 3.06. The molecule has 0 aromatic carbocycles. The van der Waals surface area contributed by atoms with Gasteiger partial charge in [0.25, 0.3) is 0 Å². The quantitative estimate of drug-likeness (QED) is 0.700. The van der Waals surface area contributed by atoms with E-state index in [1.165, 1.54) is 0 Å². The van der Waals surface area contributed by atoms with Crippen LogP contribution in [0.1, 0.15) is 0 Å². The molecule has 0 aliphatic heterocycles. The molecule has 2 N–H and O–H groups in total. The Balaban J connectivity index is 2.57. The first kappa shape index (κ1) is 8.07. The summed E-state index contributed by atoms with van der Waals surface area (Å²) in [5.41, 5.74) is 6.25. The van der Waals surface area contributed by atoms with Gasteiger partial charge in [-0.25, -0.2) is 9.67 Å². The molecular weight excluding hydrogens is 188 g/mol. The Morgan fingerprint density at radius 3 is 2.92 bits per heavy atom. The van der Waals surface area contributed by atoms with Gasteiger partial charge in [-0.1, -0.05) is 11.6 Å². The van der Waals surface area contributed by atoms with E-state index in [4.69, 9.17) is 17.3 Å². The lowest BCUT2D eigenvalue weighted by Crippen LogP contribution is -2.02. The van der Waals surface area contributed by atoms with Crippen LogP contribution in [0.25, 0.3) is 5.82 Å². The minimum atomic E-state index is 0.403. The van der Waals surface area contributed by atoms with E-state index >= 15 is 0 Å². The zero-order chi connectivity index (χ0) is 9.26. The molecule has 0 aliphatic carbocycles. The summed E-state index contributed by atoms with van der Waals surface area (Å²) in [4.78, 5) is 4.06. The number of rotatable bonds is 1. The van der Waals surface area contributed by atoms with Gasteiger partial charge in [0.15, 0.2) is 5.82 Å². The van der Waals surface area contributed by atoms with Crippen LogP contribution in [0, 0.1) is 0 Å². The first-order chi connectivity index (χ1) is 6.27. The third-order valence-electron chi connectivity index (χ3n) is 1.59. The zero-order valence-corrected chi connectivity index (χ0v) is 7.44. The SMILES string of the molecule is Nc1ccc(Cl)nc1-n1cccn1. The maximum absolute atomic E-state index is 5.73. The van der Waals surface area contributed by atoms with Gasteiger partial charge < -0.3 is 5.73 Å². The van der Waals surface area contributed by atoms with Crippen LogP contribution in [-0.4, -0.2) is 14.8 Å². The summed E-state index contributed by atoms with van der Waals surface area (Å²) in [6.07, 6.45) is 3.41. The van der Waals surface area contributed by atoms with E-state index in [9.17, 15) is 0 Å². The number of halogens is 1. The van der Waals surface area contributed by atoms with Crippen molar-refractivity contribution in [2.45, 2.75) is 0 Å². The smallest absolute Gasteiger partial charge is 0.178 e. The summed E-state index contributed by atoms with van der Waals surface area (Å²) in [6.45, 7) is 0. The lowest BCUT2D eigenvalue weighted by Gasteiger charge is -2.03. The number of hydrogen-bond acceptors (Lipinski definition) is 3. The van der Waals surface area contributed by atoms with E-state index in [0.717, 1.165) is 0 Å². The van der Waals surface area contributed by atoms with Crippen molar-refractivity contribution in [1.82, 2.24) is 14.8 Å². The monoisotopic (exact) mass is 194 g/mol. The molecule has 0 amide bonds. The lowest BCUT2D eigenvalue weighted by atomic mass is 10.4. The Morgan fingerprint density at radius 2 is 2.23 bits per heavy atom. The van der Waals surface area contributed by atoms with Crippen LogP contribution in [-0.2, 0) is 0 Å². The molecule has 0 fully saturated rings. The molecule has 0 bridgehead atoms. The maximum Gasteiger partial charge on any atom is 0.178 e. The van der Waals surface area contributed by atoms with Crippen LogP contribution in [0.15, 0.2) is 30.6 Å². The number of aromatic nitrogens is 3. The summed E-state index contributed by atoms with van der Waals surface area (Å²) >= 11 is 5.73. The molecule has 13 heavy (non-hydrogen) atoms. The minimum Gasteiger partial charge on any atom is -0.396 e. The molecule has 0 saturated heterocycles. The zero-order valence-electron chi connectivity index (χ0n) is 6.68. The molecule has 4 nitrogen and oxygen atoms in total. The molecule has 5 heteroatoms. The van der Waals surface area contributed by atoms with Gasteiger partial charge in [-0.05, 0) is 18.2 Å². The van der Waals surface area contributed by atoms with Crippen LogP contribution >= 0.6 is 11.6 Å². The Bertz CT molecular complexity index is 410. The highest BCUT2D eigenvalue weighted by molar-refractivity contribution is 6.29. The fraction of sp³-hybridized carbons (Fsp3) is 0. The molecule has 66 valence electrons. The number of nitrogens with zero attached hydrogens (tertiary/aromatic N) is 3. The summed E-state index contributed by atoms with van der Waals surface area (Å²) in [5, 5.41) is 4.41. The fourth-order valence-corrected chi connectivity index (χ4v) is 1.16. The summed E-state index contributed by atoms with van der Waals surface area (Å²) in [5.74, 6) is 0.553. The van der Waals surface area contributed by atoms with E-state index < -0.39 is 0 Å². The number of nitrogens with two attached hydrogens (primary N) is 1. The van der Waals surface area contributed by atoms with Crippen LogP contribution in [0.4, 0.5) is 5.69 Å². The average molecular weight is 195 g/mol. The standard InChI is InChI=1S/C8H7ClN4/c9-7-3-2-6(10)8(12-7)13-5-1-4-11-13/h1-5H,10H2. The van der Waals surface area contributed by atoms with E-state index in [0.29, 0.717) is 16.7 Å². The van der Waals surface area contributed by atoms with Crippen molar-refractivity contribution in [3.05, 3.63) is 35.7 Å². The summed E-state index contributed by atoms with van der Waals surface area (Å²) in [6, 6.07) is 5.14. The molecule has 2 aromatic rings. The van der Waals surface area contributed by atoms with E-state index in [1.807, 2.05) is 0 Å². The first-order valence-electron chi connectivity index (χ1n) is 3.69. The highest BCUT2D eigenvalue weighted by atomic mass is 35.5. The molecule has 0 aliphatic rings. The lowest BCUT2D eigenvalue weighted by molar-refractivity contribution is 0.850. The first-order valence-corrected chi connectivity index (χ1v) is 4.07. The van der Waals surface area contributed by atoms with Crippen LogP contribution in [0.5, 0.6) is 0 Å². The number of pyridine rings is 1. The molecule has 2 rings (SSSR count). The van der Waals surface area contributed by atoms with E-state index in [2.05, 4.69) is 10.1 Å². The second-order valence-electron chi connectivity index (χ2n) is 2.50. The van der Waals surface area contributed by atoms with Crippen molar-refractivity contribution in [1.29, 1.82) is 0 Å². The number of hydrogen-bond donors (Lipinski definition) is 1. The minimum absolute atomic E-state index is 0.403. The van der Waals surface area contributed by atoms with Gasteiger partial charge in [0, 0.05) is 12.4 Å². The second-order valence-corrected chi connectivity index (χ2v) is 2.88. The van der Waals surface area contributed by atoms with E-state index in [-0.39, 0.29) is 0 Å². The highest BCUT2D eigenvalue weighted by Crippen LogP contribution is 2.16. The molecule has 0 spiro atoms. The van der Waals surface area contributed by atoms with Crippen molar-refractivity contribution in [3.8, 4) is 5.82 Å². The van der Waals surface area contributed by atoms with Crippen LogP contribution in [0.3, 0.4) is 0 Å². The molecular formula is C8H7ClN4. The van der Waals surface area contributed by atoms with Crippen molar-refractivity contribution in [2.75, 3.05) is 5.73 Å². The Morgan fingerprint density at radius 1 is 1.38 bits per heavy atom. The molecule has 0 radical (unpaired) electrons. The Labute approximate surface area is 80.0 Å². The Kier molecular flexibility index (Phi) is 1.90. The fourth-order valence-electron chi connectivity index (χ4n) is 1.01. The van der Waals surface area contributed by atoms with Gasteiger partial charge in [0.2, 0.25) is 0 Å². The maximum atomic E-state index is 5.73. The van der Waals surface area contributed by atoms with Crippen molar-refractivity contribution in [2.24, 2.45) is 0 Å². The highest BCUT2D eigenvalue weighted by Gasteiger charge is 2.03. The Hall–Kier alpha value is -1.55. The van der Waals surface area contributed by atoms with Gasteiger partial charge in [-0.15, -0.1) is 0 Å². The van der Waals surface area contributed by atoms with Crippen molar-refractivity contribution in [3.63, 3.8) is 0 Å². The molecule has 0 atom stereocenters. The van der Waals surface area contributed by atoms with Gasteiger partial charge >= 0.3 is 0 Å². The van der Waals surface area contributed by atoms with Crippen molar-refractivity contribution >= 4 is 17.3 Å². The molecule has 2 aromatic heterocycles. The van der Waals surface area contributed by atoms with Crippen LogP contribution in [0.2, 0.25) is 5.15 Å². The summed E-state index contributed by atoms with van der Waals surface area (Å²) in [7, 11) is 0. The molecule has 2 heterocycles. The molecule has 0 unspecified atom stereocenters. The number of nitrogen functional groups attached to an aromatic ring is 1. The van der Waals surface area contributed by atoms with Gasteiger partial charge in [0.05, 0.1) is 5.69 Å². The summed E-state index contributed by atoms with van der Waals surface area (Å²) < 4.78 is 1.57. The van der Waals surface area contributed by atoms with E-state index in [1.54, 1.807) is 35.3 Å². The predicted molar refractivity (Wildman–Crippen MR) is 50.8 cm³/mol. The van der Waals surface area contributed by atoms with Gasteiger partial charge in [0.1, 0.15) is 5.15 Å². The largest absolute Gasteiger partial charge is 0.396 e. The third-order valence-corrected chi connectivity index (χ3v) is 1.80. The third kappa shape index (κ3) is 1.48. The van der Waals surface area contributed by atoms with Gasteiger partial charge in [-0.2, -0.15) is 5.10 Å².